The number of aryl methyl sites for hydroxylation is 1. The number of hydrogen-bond donors (Lipinski definition) is 1. The summed E-state index contributed by atoms with van der Waals surface area (Å²) in [5.41, 5.74) is 3.82. The molecule has 2 aromatic rings. The van der Waals surface area contributed by atoms with Gasteiger partial charge in [-0.2, -0.15) is 9.40 Å². The summed E-state index contributed by atoms with van der Waals surface area (Å²) in [7, 11) is -1.89. The van der Waals surface area contributed by atoms with Gasteiger partial charge in [0.25, 0.3) is 5.56 Å². The Kier molecular flexibility index (Phi) is 5.62. The predicted octanol–water partition coefficient (Wildman–Crippen LogP) is 3.58. The molecular formula is C22H29N3O3S. The van der Waals surface area contributed by atoms with Gasteiger partial charge in [-0.15, -0.1) is 0 Å². The molecule has 1 fully saturated rings. The van der Waals surface area contributed by atoms with Gasteiger partial charge in [0.05, 0.1) is 10.6 Å². The van der Waals surface area contributed by atoms with Crippen molar-refractivity contribution in [3.05, 3.63) is 45.2 Å². The number of nitrogens with zero attached hydrogens (tertiary/aromatic N) is 2. The topological polar surface area (TPSA) is 83.1 Å². The largest absolute Gasteiger partial charge is 0.268 e. The number of aromatic nitrogens is 2. The van der Waals surface area contributed by atoms with Gasteiger partial charge in [0.1, 0.15) is 0 Å². The van der Waals surface area contributed by atoms with E-state index >= 15 is 0 Å². The van der Waals surface area contributed by atoms with E-state index in [9.17, 15) is 13.2 Å². The average molecular weight is 416 g/mol. The molecule has 7 heteroatoms. The number of sulfonamides is 1. The summed E-state index contributed by atoms with van der Waals surface area (Å²) < 4.78 is 28.4. The first kappa shape index (κ1) is 20.3. The molecule has 0 bridgehead atoms. The summed E-state index contributed by atoms with van der Waals surface area (Å²) >= 11 is 0. The van der Waals surface area contributed by atoms with Crippen LogP contribution in [0, 0.1) is 6.92 Å². The van der Waals surface area contributed by atoms with Gasteiger partial charge >= 0.3 is 0 Å². The Balaban J connectivity index is 1.77. The van der Waals surface area contributed by atoms with Crippen molar-refractivity contribution in [3.63, 3.8) is 0 Å². The lowest BCUT2D eigenvalue weighted by Crippen LogP contribution is -2.38. The van der Waals surface area contributed by atoms with Gasteiger partial charge in [-0.1, -0.05) is 31.4 Å². The van der Waals surface area contributed by atoms with Crippen molar-refractivity contribution in [2.45, 2.75) is 75.6 Å². The van der Waals surface area contributed by atoms with Crippen molar-refractivity contribution in [2.75, 3.05) is 7.05 Å². The maximum absolute atomic E-state index is 13.4. The molecule has 6 nitrogen and oxygen atoms in total. The smallest absolute Gasteiger partial charge is 0.267 e. The molecule has 0 radical (unpaired) electrons. The molecule has 2 aliphatic rings. The second-order valence-electron chi connectivity index (χ2n) is 8.36. The van der Waals surface area contributed by atoms with Gasteiger partial charge in [-0.05, 0) is 62.6 Å². The van der Waals surface area contributed by atoms with Crippen LogP contribution >= 0.6 is 0 Å². The average Bonchev–Trinajstić information content (AvgIpc) is 2.75. The minimum atomic E-state index is -3.60. The van der Waals surface area contributed by atoms with Crippen LogP contribution in [0.1, 0.15) is 61.6 Å². The molecule has 0 aliphatic heterocycles. The quantitative estimate of drug-likeness (QED) is 0.827. The fourth-order valence-corrected chi connectivity index (χ4v) is 6.38. The third-order valence-corrected chi connectivity index (χ3v) is 8.56. The van der Waals surface area contributed by atoms with E-state index in [1.165, 1.54) is 6.42 Å². The summed E-state index contributed by atoms with van der Waals surface area (Å²) in [6.07, 6.45) is 8.76. The van der Waals surface area contributed by atoms with Gasteiger partial charge in [-0.3, -0.25) is 4.79 Å². The van der Waals surface area contributed by atoms with E-state index in [2.05, 4.69) is 10.2 Å². The number of nitrogens with one attached hydrogen (secondary N) is 1. The Morgan fingerprint density at radius 1 is 1.03 bits per heavy atom. The lowest BCUT2D eigenvalue weighted by atomic mass is 9.90. The van der Waals surface area contributed by atoms with Gasteiger partial charge < -0.3 is 0 Å². The summed E-state index contributed by atoms with van der Waals surface area (Å²) in [6.45, 7) is 1.83. The Morgan fingerprint density at radius 2 is 1.72 bits per heavy atom. The first-order valence-corrected chi connectivity index (χ1v) is 12.0. The second kappa shape index (κ2) is 8.03. The first-order valence-electron chi connectivity index (χ1n) is 10.6. The van der Waals surface area contributed by atoms with Gasteiger partial charge in [0.15, 0.2) is 0 Å². The van der Waals surface area contributed by atoms with Gasteiger partial charge in [0, 0.05) is 24.2 Å². The number of rotatable bonds is 4. The maximum Gasteiger partial charge on any atom is 0.267 e. The van der Waals surface area contributed by atoms with E-state index < -0.39 is 10.0 Å². The molecular weight excluding hydrogens is 386 g/mol. The van der Waals surface area contributed by atoms with Crippen LogP contribution in [-0.2, 0) is 22.9 Å². The highest BCUT2D eigenvalue weighted by atomic mass is 32.2. The van der Waals surface area contributed by atoms with E-state index in [0.29, 0.717) is 10.6 Å². The van der Waals surface area contributed by atoms with Crippen molar-refractivity contribution < 1.29 is 8.42 Å². The minimum absolute atomic E-state index is 0.0655. The van der Waals surface area contributed by atoms with Crippen molar-refractivity contribution in [3.8, 4) is 11.3 Å². The molecule has 1 N–H and O–H groups in total. The molecule has 1 aromatic heterocycles. The van der Waals surface area contributed by atoms with Crippen LogP contribution in [0.2, 0.25) is 0 Å². The van der Waals surface area contributed by atoms with Crippen molar-refractivity contribution in [1.29, 1.82) is 0 Å². The first-order chi connectivity index (χ1) is 13.9. The number of benzene rings is 1. The molecule has 156 valence electrons. The molecule has 0 amide bonds. The van der Waals surface area contributed by atoms with E-state index in [1.54, 1.807) is 17.4 Å². The zero-order chi connectivity index (χ0) is 20.6. The number of hydrogen-bond acceptors (Lipinski definition) is 4. The Bertz CT molecular complexity index is 1070. The van der Waals surface area contributed by atoms with Crippen LogP contribution < -0.4 is 5.56 Å². The molecule has 1 saturated carbocycles. The SMILES string of the molecule is Cc1ccc(-c2n[nH]c(=O)c3c2CCCC3)cc1S(=O)(=O)N(C)C1CCCCC1. The maximum atomic E-state index is 13.4. The van der Waals surface area contributed by atoms with Crippen LogP contribution in [0.25, 0.3) is 11.3 Å². The lowest BCUT2D eigenvalue weighted by molar-refractivity contribution is 0.285. The second-order valence-corrected chi connectivity index (χ2v) is 10.3. The Morgan fingerprint density at radius 3 is 2.45 bits per heavy atom. The number of fused-ring (bicyclic) bond motifs is 1. The summed E-state index contributed by atoms with van der Waals surface area (Å²) in [6, 6.07) is 5.55. The van der Waals surface area contributed by atoms with Gasteiger partial charge in [0.2, 0.25) is 10.0 Å². The van der Waals surface area contributed by atoms with Gasteiger partial charge in [-0.25, -0.2) is 13.5 Å². The van der Waals surface area contributed by atoms with Crippen LogP contribution in [0.15, 0.2) is 27.9 Å². The molecule has 1 aromatic carbocycles. The molecule has 2 aliphatic carbocycles. The fourth-order valence-electron chi connectivity index (χ4n) is 4.72. The highest BCUT2D eigenvalue weighted by Crippen LogP contribution is 2.32. The molecule has 0 spiro atoms. The monoisotopic (exact) mass is 415 g/mol. The zero-order valence-corrected chi connectivity index (χ0v) is 18.0. The van der Waals surface area contributed by atoms with Crippen LogP contribution in [-0.4, -0.2) is 36.0 Å². The Labute approximate surface area is 172 Å². The Hall–Kier alpha value is -1.99. The predicted molar refractivity (Wildman–Crippen MR) is 113 cm³/mol. The molecule has 0 unspecified atom stereocenters. The fraction of sp³-hybridized carbons (Fsp3) is 0.545. The van der Waals surface area contributed by atoms with E-state index in [0.717, 1.165) is 73.6 Å². The highest BCUT2D eigenvalue weighted by molar-refractivity contribution is 7.89. The minimum Gasteiger partial charge on any atom is -0.268 e. The van der Waals surface area contributed by atoms with Crippen LogP contribution in [0.3, 0.4) is 0 Å². The van der Waals surface area contributed by atoms with Crippen LogP contribution in [0.4, 0.5) is 0 Å². The third-order valence-electron chi connectivity index (χ3n) is 6.50. The molecule has 4 rings (SSSR count). The standard InChI is InChI=1S/C22H29N3O3S/c1-15-12-13-16(21-18-10-6-7-11-19(18)22(26)24-23-21)14-20(15)29(27,28)25(2)17-8-4-3-5-9-17/h12-14,17H,3-11H2,1-2H3,(H,24,26). The molecule has 0 saturated heterocycles. The number of H-pyrrole nitrogens is 1. The van der Waals surface area contributed by atoms with E-state index in [4.69, 9.17) is 0 Å². The van der Waals surface area contributed by atoms with E-state index in [-0.39, 0.29) is 11.6 Å². The summed E-state index contributed by atoms with van der Waals surface area (Å²) in [5, 5.41) is 6.91. The zero-order valence-electron chi connectivity index (χ0n) is 17.2. The lowest BCUT2D eigenvalue weighted by Gasteiger charge is -2.31. The van der Waals surface area contributed by atoms with Crippen molar-refractivity contribution in [1.82, 2.24) is 14.5 Å². The van der Waals surface area contributed by atoms with E-state index in [1.807, 2.05) is 19.1 Å². The molecule has 0 atom stereocenters. The molecule has 29 heavy (non-hydrogen) atoms. The summed E-state index contributed by atoms with van der Waals surface area (Å²) in [5.74, 6) is 0. The third kappa shape index (κ3) is 3.78. The van der Waals surface area contributed by atoms with Crippen LogP contribution in [0.5, 0.6) is 0 Å². The normalized spacial score (nSPS) is 18.0. The van der Waals surface area contributed by atoms with Crippen molar-refractivity contribution in [2.24, 2.45) is 0 Å². The summed E-state index contributed by atoms with van der Waals surface area (Å²) in [4.78, 5) is 12.5. The molecule has 1 heterocycles. The number of aromatic amines is 1. The van der Waals surface area contributed by atoms with Crippen molar-refractivity contribution >= 4 is 10.0 Å². The highest BCUT2D eigenvalue weighted by Gasteiger charge is 2.30.